The van der Waals surface area contributed by atoms with Crippen LogP contribution in [0.25, 0.3) is 0 Å². The van der Waals surface area contributed by atoms with E-state index in [1.165, 1.54) is 0 Å². The Bertz CT molecular complexity index is 370. The molecule has 18 heavy (non-hydrogen) atoms. The first kappa shape index (κ1) is 16.7. The van der Waals surface area contributed by atoms with Crippen molar-refractivity contribution in [3.05, 3.63) is 35.9 Å². The predicted molar refractivity (Wildman–Crippen MR) is 62.4 cm³/mol. The van der Waals surface area contributed by atoms with E-state index in [-0.39, 0.29) is 18.8 Å². The fraction of sp³-hybridized carbons (Fsp3) is 0.364. The number of rotatable bonds is 4. The maximum Gasteiger partial charge on any atom is 0.422 e. The minimum absolute atomic E-state index is 0. The molecule has 0 bridgehead atoms. The predicted octanol–water partition coefficient (Wildman–Crippen LogP) is 2.08. The number of hydrogen-bond acceptors (Lipinski definition) is 3. The average Bonchev–Trinajstić information content (AvgIpc) is 2.26. The van der Waals surface area contributed by atoms with Gasteiger partial charge in [0.25, 0.3) is 0 Å². The Morgan fingerprint density at radius 3 is 2.33 bits per heavy atom. The van der Waals surface area contributed by atoms with Crippen molar-refractivity contribution in [3.8, 4) is 0 Å². The maximum absolute atomic E-state index is 11.8. The van der Waals surface area contributed by atoms with Crippen molar-refractivity contribution in [3.63, 3.8) is 0 Å². The summed E-state index contributed by atoms with van der Waals surface area (Å²) in [6.45, 7) is -1.60. The second kappa shape index (κ2) is 7.23. The third-order valence-corrected chi connectivity index (χ3v) is 1.98. The molecule has 2 N–H and O–H groups in total. The Hall–Kier alpha value is -1.27. The summed E-state index contributed by atoms with van der Waals surface area (Å²) in [6, 6.07) is 7.68. The number of carbonyl (C=O) groups is 1. The summed E-state index contributed by atoms with van der Waals surface area (Å²) in [6.07, 6.45) is -4.38. The molecule has 1 atom stereocenters. The van der Waals surface area contributed by atoms with Crippen LogP contribution in [-0.2, 0) is 16.0 Å². The Kier molecular flexibility index (Phi) is 6.72. The summed E-state index contributed by atoms with van der Waals surface area (Å²) in [7, 11) is 0. The Balaban J connectivity index is 0.00000289. The topological polar surface area (TPSA) is 52.3 Å². The molecule has 0 unspecified atom stereocenters. The van der Waals surface area contributed by atoms with Gasteiger partial charge in [0.1, 0.15) is 6.04 Å². The molecule has 0 saturated heterocycles. The Labute approximate surface area is 109 Å². The molecule has 0 aliphatic carbocycles. The minimum atomic E-state index is -4.53. The number of benzene rings is 1. The van der Waals surface area contributed by atoms with Gasteiger partial charge >= 0.3 is 12.1 Å². The number of halogens is 4. The van der Waals surface area contributed by atoms with Gasteiger partial charge in [0.2, 0.25) is 0 Å². The number of carbonyl (C=O) groups excluding carboxylic acids is 1. The highest BCUT2D eigenvalue weighted by molar-refractivity contribution is 5.85. The van der Waals surface area contributed by atoms with E-state index in [0.29, 0.717) is 0 Å². The van der Waals surface area contributed by atoms with Gasteiger partial charge in [-0.15, -0.1) is 12.4 Å². The molecular weight excluding hydrogens is 271 g/mol. The van der Waals surface area contributed by atoms with Crippen molar-refractivity contribution in [2.75, 3.05) is 6.61 Å². The van der Waals surface area contributed by atoms with Gasteiger partial charge in [-0.3, -0.25) is 4.79 Å². The fourth-order valence-corrected chi connectivity index (χ4v) is 1.21. The molecule has 0 heterocycles. The molecule has 0 saturated carbocycles. The zero-order valence-electron chi connectivity index (χ0n) is 9.31. The Morgan fingerprint density at radius 2 is 1.83 bits per heavy atom. The smallest absolute Gasteiger partial charge is 0.422 e. The first-order valence-corrected chi connectivity index (χ1v) is 4.91. The Morgan fingerprint density at radius 1 is 1.28 bits per heavy atom. The monoisotopic (exact) mass is 283 g/mol. The molecule has 1 aromatic rings. The number of nitrogens with two attached hydrogens (primary N) is 1. The lowest BCUT2D eigenvalue weighted by atomic mass is 10.1. The summed E-state index contributed by atoms with van der Waals surface area (Å²) >= 11 is 0. The normalized spacial score (nSPS) is 12.4. The van der Waals surface area contributed by atoms with E-state index < -0.39 is 24.8 Å². The standard InChI is InChI=1S/C11H12F3NO2.ClH/c12-11(13,14)7-17-10(16)9(15)6-8-4-2-1-3-5-8;/h1-5,9H,6-7,15H2;1H/t9-;/m0./s1. The van der Waals surface area contributed by atoms with Gasteiger partial charge in [-0.2, -0.15) is 13.2 Å². The largest absolute Gasteiger partial charge is 0.455 e. The summed E-state index contributed by atoms with van der Waals surface area (Å²) in [4.78, 5) is 11.1. The summed E-state index contributed by atoms with van der Waals surface area (Å²) < 4.78 is 39.4. The van der Waals surface area contributed by atoms with Crippen LogP contribution in [0.15, 0.2) is 30.3 Å². The van der Waals surface area contributed by atoms with Gasteiger partial charge in [-0.1, -0.05) is 30.3 Å². The molecular formula is C11H13ClF3NO2. The van der Waals surface area contributed by atoms with Crippen LogP contribution in [0.1, 0.15) is 5.56 Å². The second-order valence-corrected chi connectivity index (χ2v) is 3.52. The third kappa shape index (κ3) is 6.46. The lowest BCUT2D eigenvalue weighted by molar-refractivity contribution is -0.187. The van der Waals surface area contributed by atoms with Gasteiger partial charge in [-0.05, 0) is 12.0 Å². The first-order chi connectivity index (χ1) is 7.88. The molecule has 0 radical (unpaired) electrons. The second-order valence-electron chi connectivity index (χ2n) is 3.52. The van der Waals surface area contributed by atoms with E-state index in [1.54, 1.807) is 30.3 Å². The van der Waals surface area contributed by atoms with Crippen molar-refractivity contribution in [2.45, 2.75) is 18.6 Å². The molecule has 7 heteroatoms. The van der Waals surface area contributed by atoms with Crippen LogP contribution in [0.4, 0.5) is 13.2 Å². The van der Waals surface area contributed by atoms with Gasteiger partial charge in [0.15, 0.2) is 6.61 Å². The first-order valence-electron chi connectivity index (χ1n) is 4.91. The molecule has 1 aromatic carbocycles. The molecule has 0 aliphatic rings. The third-order valence-electron chi connectivity index (χ3n) is 1.98. The lowest BCUT2D eigenvalue weighted by Crippen LogP contribution is -2.36. The summed E-state index contributed by atoms with van der Waals surface area (Å²) in [5.74, 6) is -1.05. The number of ether oxygens (including phenoxy) is 1. The van der Waals surface area contributed by atoms with E-state index in [9.17, 15) is 18.0 Å². The van der Waals surface area contributed by atoms with E-state index in [4.69, 9.17) is 5.73 Å². The van der Waals surface area contributed by atoms with E-state index in [0.717, 1.165) is 5.56 Å². The van der Waals surface area contributed by atoms with Crippen LogP contribution in [0, 0.1) is 0 Å². The van der Waals surface area contributed by atoms with Crippen LogP contribution < -0.4 is 5.73 Å². The highest BCUT2D eigenvalue weighted by atomic mass is 35.5. The van der Waals surface area contributed by atoms with Gasteiger partial charge < -0.3 is 10.5 Å². The molecule has 3 nitrogen and oxygen atoms in total. The molecule has 0 amide bonds. The molecule has 0 aliphatic heterocycles. The highest BCUT2D eigenvalue weighted by Crippen LogP contribution is 2.15. The van der Waals surface area contributed by atoms with Gasteiger partial charge in [0, 0.05) is 0 Å². The molecule has 102 valence electrons. The molecule has 0 spiro atoms. The van der Waals surface area contributed by atoms with Crippen molar-refractivity contribution in [2.24, 2.45) is 5.73 Å². The zero-order chi connectivity index (χ0) is 12.9. The number of esters is 1. The number of alkyl halides is 3. The minimum Gasteiger partial charge on any atom is -0.455 e. The van der Waals surface area contributed by atoms with Crippen LogP contribution in [0.2, 0.25) is 0 Å². The number of hydrogen-bond donors (Lipinski definition) is 1. The van der Waals surface area contributed by atoms with Crippen LogP contribution >= 0.6 is 12.4 Å². The SMILES string of the molecule is Cl.N[C@@H](Cc1ccccc1)C(=O)OCC(F)(F)F. The van der Waals surface area contributed by atoms with Crippen molar-refractivity contribution >= 4 is 18.4 Å². The highest BCUT2D eigenvalue weighted by Gasteiger charge is 2.30. The van der Waals surface area contributed by atoms with E-state index in [2.05, 4.69) is 4.74 Å². The van der Waals surface area contributed by atoms with Gasteiger partial charge in [-0.25, -0.2) is 0 Å². The van der Waals surface area contributed by atoms with Crippen LogP contribution in [0.3, 0.4) is 0 Å². The molecule has 0 aromatic heterocycles. The van der Waals surface area contributed by atoms with E-state index in [1.807, 2.05) is 0 Å². The summed E-state index contributed by atoms with van der Waals surface area (Å²) in [5.41, 5.74) is 6.20. The van der Waals surface area contributed by atoms with Crippen molar-refractivity contribution < 1.29 is 22.7 Å². The molecule has 1 rings (SSSR count). The lowest BCUT2D eigenvalue weighted by Gasteiger charge is -2.12. The summed E-state index contributed by atoms with van der Waals surface area (Å²) in [5, 5.41) is 0. The maximum atomic E-state index is 11.8. The molecule has 0 fully saturated rings. The fourth-order valence-electron chi connectivity index (χ4n) is 1.21. The van der Waals surface area contributed by atoms with E-state index >= 15 is 0 Å². The zero-order valence-corrected chi connectivity index (χ0v) is 10.1. The quantitative estimate of drug-likeness (QED) is 0.861. The van der Waals surface area contributed by atoms with Gasteiger partial charge in [0.05, 0.1) is 0 Å². The van der Waals surface area contributed by atoms with Crippen molar-refractivity contribution in [1.82, 2.24) is 0 Å². The van der Waals surface area contributed by atoms with Crippen molar-refractivity contribution in [1.29, 1.82) is 0 Å². The van der Waals surface area contributed by atoms with Crippen LogP contribution in [0.5, 0.6) is 0 Å². The average molecular weight is 284 g/mol. The van der Waals surface area contributed by atoms with Crippen LogP contribution in [-0.4, -0.2) is 24.8 Å².